The Morgan fingerprint density at radius 3 is 2.21 bits per heavy atom. The van der Waals surface area contributed by atoms with Gasteiger partial charge in [0.2, 0.25) is 0 Å². The topological polar surface area (TPSA) is 114 Å². The molecular formula is C19H23Cl2N3O5. The molecular weight excluding hydrogens is 421 g/mol. The molecule has 158 valence electrons. The van der Waals surface area contributed by atoms with Gasteiger partial charge in [0.1, 0.15) is 12.1 Å². The first-order valence-corrected chi connectivity index (χ1v) is 9.75. The molecule has 0 saturated carbocycles. The number of hydrogen-bond acceptors (Lipinski definition) is 4. The molecule has 0 saturated heterocycles. The van der Waals surface area contributed by atoms with E-state index >= 15 is 0 Å². The SMILES string of the molecule is CC(C)C[C@H](NC(Cn1ccn(Cc2ccc(Cl)c(Cl)c2)c1=O)C(=O)O)C(=O)O. The molecule has 2 rings (SSSR count). The molecule has 29 heavy (non-hydrogen) atoms. The maximum Gasteiger partial charge on any atom is 0.328 e. The summed E-state index contributed by atoms with van der Waals surface area (Å²) in [5.74, 6) is -2.30. The molecule has 0 radical (unpaired) electrons. The second-order valence-corrected chi connectivity index (χ2v) is 8.00. The van der Waals surface area contributed by atoms with Crippen molar-refractivity contribution in [2.24, 2.45) is 5.92 Å². The predicted octanol–water partition coefficient (Wildman–Crippen LogP) is 2.55. The molecule has 0 aliphatic carbocycles. The minimum absolute atomic E-state index is 0.0630. The van der Waals surface area contributed by atoms with Gasteiger partial charge in [-0.05, 0) is 30.0 Å². The smallest absolute Gasteiger partial charge is 0.328 e. The monoisotopic (exact) mass is 443 g/mol. The van der Waals surface area contributed by atoms with Crippen molar-refractivity contribution in [3.05, 3.63) is 56.7 Å². The van der Waals surface area contributed by atoms with E-state index < -0.39 is 29.7 Å². The molecule has 0 fully saturated rings. The molecule has 1 heterocycles. The van der Waals surface area contributed by atoms with Gasteiger partial charge in [0.15, 0.2) is 0 Å². The first kappa shape index (κ1) is 23.0. The van der Waals surface area contributed by atoms with Crippen LogP contribution in [0.5, 0.6) is 0 Å². The molecule has 0 bridgehead atoms. The van der Waals surface area contributed by atoms with E-state index in [9.17, 15) is 24.6 Å². The van der Waals surface area contributed by atoms with Gasteiger partial charge in [-0.3, -0.25) is 24.0 Å². The van der Waals surface area contributed by atoms with Crippen molar-refractivity contribution in [1.82, 2.24) is 14.5 Å². The zero-order chi connectivity index (χ0) is 21.7. The number of benzene rings is 1. The molecule has 1 aromatic carbocycles. The fourth-order valence-corrected chi connectivity index (χ4v) is 3.22. The Morgan fingerprint density at radius 2 is 1.66 bits per heavy atom. The third-order valence-electron chi connectivity index (χ3n) is 4.34. The van der Waals surface area contributed by atoms with Crippen LogP contribution in [0.2, 0.25) is 10.0 Å². The normalized spacial score (nSPS) is 13.4. The molecule has 0 spiro atoms. The summed E-state index contributed by atoms with van der Waals surface area (Å²) in [6.45, 7) is 3.73. The summed E-state index contributed by atoms with van der Waals surface area (Å²) < 4.78 is 2.64. The Bertz CT molecular complexity index is 938. The molecule has 0 aliphatic rings. The number of imidazole rings is 1. The van der Waals surface area contributed by atoms with Gasteiger partial charge in [-0.2, -0.15) is 0 Å². The molecule has 1 aromatic heterocycles. The Labute approximate surface area is 177 Å². The van der Waals surface area contributed by atoms with Crippen LogP contribution in [0.1, 0.15) is 25.8 Å². The van der Waals surface area contributed by atoms with E-state index in [1.807, 2.05) is 13.8 Å². The number of halogens is 2. The summed E-state index contributed by atoms with van der Waals surface area (Å²) in [6.07, 6.45) is 3.27. The number of rotatable bonds is 10. The Hall–Kier alpha value is -2.29. The second-order valence-electron chi connectivity index (χ2n) is 7.19. The van der Waals surface area contributed by atoms with E-state index in [4.69, 9.17) is 23.2 Å². The van der Waals surface area contributed by atoms with Crippen LogP contribution in [-0.2, 0) is 22.7 Å². The Kier molecular flexibility index (Phi) is 7.89. The summed E-state index contributed by atoms with van der Waals surface area (Å²) in [6, 6.07) is 2.77. The highest BCUT2D eigenvalue weighted by Gasteiger charge is 2.27. The van der Waals surface area contributed by atoms with Crippen molar-refractivity contribution in [2.45, 2.75) is 45.4 Å². The van der Waals surface area contributed by atoms with Gasteiger partial charge in [-0.15, -0.1) is 0 Å². The minimum atomic E-state index is -1.23. The highest BCUT2D eigenvalue weighted by Crippen LogP contribution is 2.22. The number of carbonyl (C=O) groups is 2. The predicted molar refractivity (Wildman–Crippen MR) is 110 cm³/mol. The lowest BCUT2D eigenvalue weighted by atomic mass is 10.0. The number of aliphatic carboxylic acids is 2. The maximum absolute atomic E-state index is 12.6. The minimum Gasteiger partial charge on any atom is -0.480 e. The second kappa shape index (κ2) is 9.96. The number of nitrogens with zero attached hydrogens (tertiary/aromatic N) is 2. The van der Waals surface area contributed by atoms with E-state index in [0.29, 0.717) is 10.0 Å². The largest absolute Gasteiger partial charge is 0.480 e. The molecule has 10 heteroatoms. The summed E-state index contributed by atoms with van der Waals surface area (Å²) in [5, 5.41) is 22.2. The summed E-state index contributed by atoms with van der Waals surface area (Å²) >= 11 is 11.9. The molecule has 8 nitrogen and oxygen atoms in total. The lowest BCUT2D eigenvalue weighted by Gasteiger charge is -2.21. The van der Waals surface area contributed by atoms with Crippen LogP contribution in [-0.4, -0.2) is 43.4 Å². The number of carboxylic acids is 2. The van der Waals surface area contributed by atoms with Crippen LogP contribution >= 0.6 is 23.2 Å². The fraction of sp³-hybridized carbons (Fsp3) is 0.421. The standard InChI is InChI=1S/C19H23Cl2N3O5/c1-11(2)7-15(17(25)26)22-16(18(27)28)10-24-6-5-23(19(24)29)9-12-3-4-13(20)14(21)8-12/h3-6,8,11,15-16,22H,7,9-10H2,1-2H3,(H,25,26)(H,27,28)/t15-,16?/m0/s1. The van der Waals surface area contributed by atoms with Crippen molar-refractivity contribution >= 4 is 35.1 Å². The first-order valence-electron chi connectivity index (χ1n) is 8.99. The van der Waals surface area contributed by atoms with Gasteiger partial charge in [-0.1, -0.05) is 43.1 Å². The highest BCUT2D eigenvalue weighted by atomic mass is 35.5. The average Bonchev–Trinajstić information content (AvgIpc) is 2.96. The van der Waals surface area contributed by atoms with Crippen LogP contribution in [0.4, 0.5) is 0 Å². The lowest BCUT2D eigenvalue weighted by molar-refractivity contribution is -0.143. The van der Waals surface area contributed by atoms with Gasteiger partial charge < -0.3 is 10.2 Å². The van der Waals surface area contributed by atoms with Gasteiger partial charge in [0.25, 0.3) is 0 Å². The van der Waals surface area contributed by atoms with Crippen molar-refractivity contribution in [3.63, 3.8) is 0 Å². The van der Waals surface area contributed by atoms with E-state index in [0.717, 1.165) is 5.56 Å². The zero-order valence-electron chi connectivity index (χ0n) is 16.0. The molecule has 0 amide bonds. The summed E-state index contributed by atoms with van der Waals surface area (Å²) in [4.78, 5) is 35.7. The molecule has 3 N–H and O–H groups in total. The van der Waals surface area contributed by atoms with Crippen LogP contribution in [0.25, 0.3) is 0 Å². The lowest BCUT2D eigenvalue weighted by Crippen LogP contribution is -2.50. The van der Waals surface area contributed by atoms with Crippen LogP contribution in [0.15, 0.2) is 35.4 Å². The maximum atomic E-state index is 12.6. The number of hydrogen-bond donors (Lipinski definition) is 3. The van der Waals surface area contributed by atoms with Crippen LogP contribution in [0, 0.1) is 5.92 Å². The summed E-state index contributed by atoms with van der Waals surface area (Å²) in [5.41, 5.74) is 0.342. The Balaban J connectivity index is 2.16. The molecule has 2 aromatic rings. The van der Waals surface area contributed by atoms with Crippen molar-refractivity contribution in [2.75, 3.05) is 0 Å². The number of carboxylic acid groups (broad SMARTS) is 2. The van der Waals surface area contributed by atoms with E-state index in [-0.39, 0.29) is 25.4 Å². The zero-order valence-corrected chi connectivity index (χ0v) is 17.5. The summed E-state index contributed by atoms with van der Waals surface area (Å²) in [7, 11) is 0. The third-order valence-corrected chi connectivity index (χ3v) is 5.08. The number of aromatic nitrogens is 2. The Morgan fingerprint density at radius 1 is 1.03 bits per heavy atom. The number of nitrogens with one attached hydrogen (secondary N) is 1. The van der Waals surface area contributed by atoms with Crippen molar-refractivity contribution < 1.29 is 19.8 Å². The van der Waals surface area contributed by atoms with Gasteiger partial charge in [0.05, 0.1) is 23.1 Å². The third kappa shape index (κ3) is 6.35. The first-order chi connectivity index (χ1) is 13.6. The van der Waals surface area contributed by atoms with Gasteiger partial charge >= 0.3 is 17.6 Å². The van der Waals surface area contributed by atoms with Gasteiger partial charge in [-0.25, -0.2) is 4.79 Å². The quantitative estimate of drug-likeness (QED) is 0.519. The molecule has 1 unspecified atom stereocenters. The van der Waals surface area contributed by atoms with E-state index in [2.05, 4.69) is 5.32 Å². The highest BCUT2D eigenvalue weighted by molar-refractivity contribution is 6.42. The molecule has 2 atom stereocenters. The molecule has 0 aliphatic heterocycles. The van der Waals surface area contributed by atoms with E-state index in [1.165, 1.54) is 21.5 Å². The van der Waals surface area contributed by atoms with E-state index in [1.54, 1.807) is 18.2 Å². The van der Waals surface area contributed by atoms with Crippen LogP contribution in [0.3, 0.4) is 0 Å². The van der Waals surface area contributed by atoms with Crippen molar-refractivity contribution in [1.29, 1.82) is 0 Å². The van der Waals surface area contributed by atoms with Crippen LogP contribution < -0.4 is 11.0 Å². The van der Waals surface area contributed by atoms with Gasteiger partial charge in [0, 0.05) is 12.4 Å². The fourth-order valence-electron chi connectivity index (χ4n) is 2.90. The van der Waals surface area contributed by atoms with Crippen molar-refractivity contribution in [3.8, 4) is 0 Å². The average molecular weight is 444 g/mol.